The molecule has 88 valence electrons. The second-order valence-corrected chi connectivity index (χ2v) is 5.88. The van der Waals surface area contributed by atoms with Crippen LogP contribution in [0.25, 0.3) is 0 Å². The second-order valence-electron chi connectivity index (χ2n) is 4.40. The monoisotopic (exact) mass is 347 g/mol. The molecule has 0 aromatic carbocycles. The summed E-state index contributed by atoms with van der Waals surface area (Å²) < 4.78 is 6.72. The molecular weight excluding hydrogens is 334 g/mol. The number of rotatable bonds is 3. The summed E-state index contributed by atoms with van der Waals surface area (Å²) in [4.78, 5) is 4.45. The van der Waals surface area contributed by atoms with Crippen LogP contribution >= 0.6 is 31.9 Å². The highest BCUT2D eigenvalue weighted by Crippen LogP contribution is 2.39. The summed E-state index contributed by atoms with van der Waals surface area (Å²) >= 11 is 7.03. The quantitative estimate of drug-likeness (QED) is 0.779. The number of hydrogen-bond acceptors (Lipinski definition) is 2. The van der Waals surface area contributed by atoms with Gasteiger partial charge in [0.05, 0.1) is 6.10 Å². The lowest BCUT2D eigenvalue weighted by molar-refractivity contribution is 0.0742. The Labute approximate surface area is 113 Å². The van der Waals surface area contributed by atoms with Crippen LogP contribution in [0.4, 0.5) is 0 Å². The molecule has 1 aromatic rings. The molecule has 1 saturated heterocycles. The van der Waals surface area contributed by atoms with E-state index < -0.39 is 0 Å². The van der Waals surface area contributed by atoms with Crippen molar-refractivity contribution in [1.82, 2.24) is 4.98 Å². The molecule has 0 bridgehead atoms. The van der Waals surface area contributed by atoms with Gasteiger partial charge in [0, 0.05) is 33.7 Å². The van der Waals surface area contributed by atoms with Gasteiger partial charge >= 0.3 is 0 Å². The average molecular weight is 349 g/mol. The molecule has 4 heteroatoms. The van der Waals surface area contributed by atoms with Crippen LogP contribution in [0.1, 0.15) is 19.0 Å². The van der Waals surface area contributed by atoms with E-state index in [9.17, 15) is 0 Å². The van der Waals surface area contributed by atoms with E-state index in [4.69, 9.17) is 4.74 Å². The molecule has 2 nitrogen and oxygen atoms in total. The smallest absolute Gasteiger partial charge is 0.0615 e. The van der Waals surface area contributed by atoms with E-state index in [1.165, 1.54) is 0 Å². The standard InChI is InChI=1S/C12H15Br2NO/c1-9-12(8-13,4-5-16-9)6-11-3-2-10(14)7-15-11/h2-3,7,9H,4-6,8H2,1H3. The van der Waals surface area contributed by atoms with Gasteiger partial charge in [-0.2, -0.15) is 0 Å². The van der Waals surface area contributed by atoms with Crippen LogP contribution in [-0.4, -0.2) is 23.0 Å². The zero-order chi connectivity index (χ0) is 11.6. The molecule has 0 saturated carbocycles. The van der Waals surface area contributed by atoms with E-state index in [1.807, 2.05) is 12.3 Å². The van der Waals surface area contributed by atoms with Crippen molar-refractivity contribution in [3.05, 3.63) is 28.5 Å². The van der Waals surface area contributed by atoms with Crippen molar-refractivity contribution >= 4 is 31.9 Å². The fourth-order valence-corrected chi connectivity index (χ4v) is 3.31. The van der Waals surface area contributed by atoms with Gasteiger partial charge in [0.25, 0.3) is 0 Å². The molecule has 2 unspecified atom stereocenters. The molecular formula is C12H15Br2NO. The van der Waals surface area contributed by atoms with Crippen molar-refractivity contribution in [1.29, 1.82) is 0 Å². The Morgan fingerprint density at radius 2 is 2.38 bits per heavy atom. The molecule has 1 aliphatic heterocycles. The number of pyridine rings is 1. The third-order valence-electron chi connectivity index (χ3n) is 3.42. The highest BCUT2D eigenvalue weighted by atomic mass is 79.9. The normalized spacial score (nSPS) is 29.6. The summed E-state index contributed by atoms with van der Waals surface area (Å²) in [5.41, 5.74) is 1.35. The third-order valence-corrected chi connectivity index (χ3v) is 5.00. The Bertz CT molecular complexity index is 355. The molecule has 0 amide bonds. The fourth-order valence-electron chi connectivity index (χ4n) is 2.15. The third kappa shape index (κ3) is 2.49. The lowest BCUT2D eigenvalue weighted by atomic mass is 9.79. The summed E-state index contributed by atoms with van der Waals surface area (Å²) in [7, 11) is 0. The topological polar surface area (TPSA) is 22.1 Å². The highest BCUT2D eigenvalue weighted by Gasteiger charge is 2.40. The Kier molecular flexibility index (Phi) is 4.03. The van der Waals surface area contributed by atoms with E-state index in [-0.39, 0.29) is 5.41 Å². The number of halogens is 2. The number of alkyl halides is 1. The molecule has 0 radical (unpaired) electrons. The van der Waals surface area contributed by atoms with E-state index in [0.29, 0.717) is 6.10 Å². The zero-order valence-electron chi connectivity index (χ0n) is 9.25. The maximum atomic E-state index is 5.69. The number of aromatic nitrogens is 1. The summed E-state index contributed by atoms with van der Waals surface area (Å²) in [6, 6.07) is 4.13. The van der Waals surface area contributed by atoms with Gasteiger partial charge in [-0.05, 0) is 47.8 Å². The minimum absolute atomic E-state index is 0.209. The van der Waals surface area contributed by atoms with Crippen LogP contribution in [0.3, 0.4) is 0 Å². The van der Waals surface area contributed by atoms with Gasteiger partial charge in [0.2, 0.25) is 0 Å². The lowest BCUT2D eigenvalue weighted by Gasteiger charge is -2.29. The molecule has 0 spiro atoms. The molecule has 1 aliphatic rings. The van der Waals surface area contributed by atoms with Crippen LogP contribution in [0.15, 0.2) is 22.8 Å². The average Bonchev–Trinajstić information content (AvgIpc) is 2.64. The van der Waals surface area contributed by atoms with Crippen molar-refractivity contribution in [2.24, 2.45) is 5.41 Å². The van der Waals surface area contributed by atoms with Crippen LogP contribution in [0, 0.1) is 5.41 Å². The Balaban J connectivity index is 2.15. The Hall–Kier alpha value is 0.0700. The molecule has 0 aliphatic carbocycles. The van der Waals surface area contributed by atoms with Crippen LogP contribution in [0.2, 0.25) is 0 Å². The SMILES string of the molecule is CC1OCCC1(CBr)Cc1ccc(Br)cn1. The maximum absolute atomic E-state index is 5.69. The first kappa shape index (κ1) is 12.5. The van der Waals surface area contributed by atoms with E-state index in [0.717, 1.165) is 34.9 Å². The minimum atomic E-state index is 0.209. The Morgan fingerprint density at radius 3 is 2.88 bits per heavy atom. The maximum Gasteiger partial charge on any atom is 0.0615 e. The zero-order valence-corrected chi connectivity index (χ0v) is 12.4. The van der Waals surface area contributed by atoms with Crippen LogP contribution in [-0.2, 0) is 11.2 Å². The molecule has 2 rings (SSSR count). The molecule has 1 fully saturated rings. The van der Waals surface area contributed by atoms with E-state index >= 15 is 0 Å². The van der Waals surface area contributed by atoms with Crippen molar-refractivity contribution in [3.8, 4) is 0 Å². The molecule has 2 heterocycles. The van der Waals surface area contributed by atoms with Gasteiger partial charge in [0.15, 0.2) is 0 Å². The highest BCUT2D eigenvalue weighted by molar-refractivity contribution is 9.10. The van der Waals surface area contributed by atoms with Gasteiger partial charge < -0.3 is 4.74 Å². The fraction of sp³-hybridized carbons (Fsp3) is 0.583. The second kappa shape index (κ2) is 5.15. The Morgan fingerprint density at radius 1 is 1.56 bits per heavy atom. The first-order valence-electron chi connectivity index (χ1n) is 5.44. The lowest BCUT2D eigenvalue weighted by Crippen LogP contribution is -2.33. The van der Waals surface area contributed by atoms with Gasteiger partial charge in [-0.1, -0.05) is 15.9 Å². The first-order valence-corrected chi connectivity index (χ1v) is 7.36. The van der Waals surface area contributed by atoms with Crippen molar-refractivity contribution in [2.75, 3.05) is 11.9 Å². The van der Waals surface area contributed by atoms with Gasteiger partial charge in [0.1, 0.15) is 0 Å². The molecule has 1 aromatic heterocycles. The van der Waals surface area contributed by atoms with Crippen molar-refractivity contribution in [2.45, 2.75) is 25.9 Å². The summed E-state index contributed by atoms with van der Waals surface area (Å²) in [5, 5.41) is 0.971. The molecule has 16 heavy (non-hydrogen) atoms. The predicted octanol–water partition coefficient (Wildman–Crippen LogP) is 3.58. The minimum Gasteiger partial charge on any atom is -0.378 e. The van der Waals surface area contributed by atoms with Gasteiger partial charge in [-0.15, -0.1) is 0 Å². The van der Waals surface area contributed by atoms with Gasteiger partial charge in [-0.3, -0.25) is 4.98 Å². The van der Waals surface area contributed by atoms with E-state index in [1.54, 1.807) is 0 Å². The number of hydrogen-bond donors (Lipinski definition) is 0. The van der Waals surface area contributed by atoms with Crippen molar-refractivity contribution in [3.63, 3.8) is 0 Å². The largest absolute Gasteiger partial charge is 0.378 e. The summed E-state index contributed by atoms with van der Waals surface area (Å²) in [6.07, 6.45) is 4.25. The predicted molar refractivity (Wildman–Crippen MR) is 71.9 cm³/mol. The van der Waals surface area contributed by atoms with Gasteiger partial charge in [-0.25, -0.2) is 0 Å². The van der Waals surface area contributed by atoms with Crippen molar-refractivity contribution < 1.29 is 4.74 Å². The summed E-state index contributed by atoms with van der Waals surface area (Å²) in [6.45, 7) is 3.02. The van der Waals surface area contributed by atoms with E-state index in [2.05, 4.69) is 49.8 Å². The molecule has 2 atom stereocenters. The number of nitrogens with zero attached hydrogens (tertiary/aromatic N) is 1. The number of ether oxygens (including phenoxy) is 1. The van der Waals surface area contributed by atoms with Crippen LogP contribution < -0.4 is 0 Å². The first-order chi connectivity index (χ1) is 7.66. The van der Waals surface area contributed by atoms with Crippen LogP contribution in [0.5, 0.6) is 0 Å². The molecule has 0 N–H and O–H groups in total. The summed E-state index contributed by atoms with van der Waals surface area (Å²) in [5.74, 6) is 0.